The number of hydrogen-bond donors (Lipinski definition) is 2. The van der Waals surface area contributed by atoms with E-state index in [1.54, 1.807) is 17.9 Å². The zero-order chi connectivity index (χ0) is 11.2. The Balaban J connectivity index is 2.53. The van der Waals surface area contributed by atoms with Crippen LogP contribution in [-0.4, -0.2) is 34.0 Å². The van der Waals surface area contributed by atoms with Gasteiger partial charge in [0.25, 0.3) is 5.91 Å². The summed E-state index contributed by atoms with van der Waals surface area (Å²) in [6.07, 6.45) is 0.615. The summed E-state index contributed by atoms with van der Waals surface area (Å²) >= 11 is 0. The molecule has 1 aliphatic heterocycles. The van der Waals surface area contributed by atoms with Crippen molar-refractivity contribution in [2.75, 3.05) is 11.9 Å². The number of nitrogens with one attached hydrogen (secondary N) is 1. The normalized spacial score (nSPS) is 20.5. The summed E-state index contributed by atoms with van der Waals surface area (Å²) in [5, 5.41) is 11.9. The number of imidazole rings is 1. The van der Waals surface area contributed by atoms with E-state index in [9.17, 15) is 9.90 Å². The lowest BCUT2D eigenvalue weighted by molar-refractivity contribution is 0.0744. The minimum atomic E-state index is -1.000. The van der Waals surface area contributed by atoms with E-state index in [0.29, 0.717) is 11.5 Å². The second kappa shape index (κ2) is 3.23. The Morgan fingerprint density at radius 1 is 1.60 bits per heavy atom. The van der Waals surface area contributed by atoms with Crippen molar-refractivity contribution in [2.24, 2.45) is 0 Å². The zero-order valence-electron chi connectivity index (χ0n) is 8.93. The summed E-state index contributed by atoms with van der Waals surface area (Å²) in [5.41, 5.74) is 0.498. The van der Waals surface area contributed by atoms with Crippen LogP contribution in [0.1, 0.15) is 30.4 Å². The molecule has 0 bridgehead atoms. The maximum Gasteiger partial charge on any atom is 0.275 e. The molecular formula is C9H14N4O2. The lowest BCUT2D eigenvalue weighted by Gasteiger charge is -2.30. The van der Waals surface area contributed by atoms with E-state index in [1.165, 1.54) is 4.90 Å². The number of rotatable bonds is 1. The summed E-state index contributed by atoms with van der Waals surface area (Å²) in [5.74, 6) is 0.224. The lowest BCUT2D eigenvalue weighted by atomic mass is 10.3. The third-order valence-electron chi connectivity index (χ3n) is 2.51. The number of carbonyl (C=O) groups is 1. The molecule has 2 N–H and O–H groups in total. The number of amides is 1. The number of fused-ring (bicyclic) bond motifs is 1. The van der Waals surface area contributed by atoms with Crippen LogP contribution in [0.4, 0.5) is 5.82 Å². The van der Waals surface area contributed by atoms with E-state index in [2.05, 4.69) is 10.3 Å². The number of aliphatic hydroxyl groups is 1. The Morgan fingerprint density at radius 3 is 2.87 bits per heavy atom. The molecule has 82 valence electrons. The average molecular weight is 210 g/mol. The molecule has 1 unspecified atom stereocenters. The van der Waals surface area contributed by atoms with Crippen LogP contribution in [0.3, 0.4) is 0 Å². The predicted octanol–water partition coefficient (Wildman–Crippen LogP) is -0.0805. The summed E-state index contributed by atoms with van der Waals surface area (Å²) in [4.78, 5) is 17.3. The summed E-state index contributed by atoms with van der Waals surface area (Å²) in [6.45, 7) is 3.94. The number of carbonyl (C=O) groups excluding carboxylic acids is 1. The van der Waals surface area contributed by atoms with E-state index >= 15 is 0 Å². The molecule has 1 aromatic heterocycles. The Labute approximate surface area is 87.5 Å². The highest BCUT2D eigenvalue weighted by atomic mass is 16.3. The molecule has 0 saturated heterocycles. The van der Waals surface area contributed by atoms with Crippen molar-refractivity contribution in [3.63, 3.8) is 0 Å². The fourth-order valence-corrected chi connectivity index (χ4v) is 1.62. The number of nitrogens with zero attached hydrogens (tertiary/aromatic N) is 3. The van der Waals surface area contributed by atoms with Crippen molar-refractivity contribution < 1.29 is 9.90 Å². The molecule has 0 fully saturated rings. The van der Waals surface area contributed by atoms with Crippen molar-refractivity contribution in [2.45, 2.75) is 26.2 Å². The standard InChI is InChI=1S/C9H14N4O2/c1-5(2)13-4-10-7-6(13)8(14)11-9(15)12(7)3/h4-5,9,15H,1-3H3,(H,11,14). The van der Waals surface area contributed by atoms with E-state index in [-0.39, 0.29) is 11.9 Å². The lowest BCUT2D eigenvalue weighted by Crippen LogP contribution is -2.51. The van der Waals surface area contributed by atoms with E-state index in [1.807, 2.05) is 13.8 Å². The first-order valence-electron chi connectivity index (χ1n) is 4.81. The number of aromatic nitrogens is 2. The monoisotopic (exact) mass is 210 g/mol. The minimum Gasteiger partial charge on any atom is -0.356 e. The molecule has 0 aliphatic carbocycles. The van der Waals surface area contributed by atoms with Crippen molar-refractivity contribution in [3.05, 3.63) is 12.0 Å². The molecule has 0 radical (unpaired) electrons. The molecule has 0 saturated carbocycles. The van der Waals surface area contributed by atoms with Crippen molar-refractivity contribution in [3.8, 4) is 0 Å². The average Bonchev–Trinajstić information content (AvgIpc) is 2.58. The molecular weight excluding hydrogens is 196 g/mol. The van der Waals surface area contributed by atoms with Gasteiger partial charge in [-0.05, 0) is 13.8 Å². The van der Waals surface area contributed by atoms with Crippen molar-refractivity contribution >= 4 is 11.7 Å². The quantitative estimate of drug-likeness (QED) is 0.680. The second-order valence-corrected chi connectivity index (χ2v) is 3.88. The molecule has 1 aliphatic rings. The van der Waals surface area contributed by atoms with E-state index in [0.717, 1.165) is 0 Å². The van der Waals surface area contributed by atoms with Gasteiger partial charge in [-0.2, -0.15) is 0 Å². The van der Waals surface area contributed by atoms with Gasteiger partial charge in [-0.3, -0.25) is 4.79 Å². The van der Waals surface area contributed by atoms with Gasteiger partial charge in [0.15, 0.2) is 11.5 Å². The van der Waals surface area contributed by atoms with Gasteiger partial charge in [-0.1, -0.05) is 0 Å². The summed E-state index contributed by atoms with van der Waals surface area (Å²) in [6, 6.07) is 0.163. The Morgan fingerprint density at radius 2 is 2.27 bits per heavy atom. The topological polar surface area (TPSA) is 70.4 Å². The molecule has 15 heavy (non-hydrogen) atoms. The van der Waals surface area contributed by atoms with Crippen LogP contribution >= 0.6 is 0 Å². The van der Waals surface area contributed by atoms with Crippen LogP contribution in [-0.2, 0) is 0 Å². The molecule has 2 heterocycles. The first-order chi connectivity index (χ1) is 7.02. The van der Waals surface area contributed by atoms with E-state index < -0.39 is 6.35 Å². The maximum atomic E-state index is 11.7. The van der Waals surface area contributed by atoms with Gasteiger partial charge in [0.2, 0.25) is 6.35 Å². The van der Waals surface area contributed by atoms with Gasteiger partial charge in [-0.15, -0.1) is 0 Å². The predicted molar refractivity (Wildman–Crippen MR) is 54.5 cm³/mol. The molecule has 1 atom stereocenters. The zero-order valence-corrected chi connectivity index (χ0v) is 8.93. The molecule has 6 nitrogen and oxygen atoms in total. The van der Waals surface area contributed by atoms with Crippen LogP contribution in [0.2, 0.25) is 0 Å². The highest BCUT2D eigenvalue weighted by Gasteiger charge is 2.31. The largest absolute Gasteiger partial charge is 0.356 e. The Kier molecular flexibility index (Phi) is 2.15. The van der Waals surface area contributed by atoms with Gasteiger partial charge in [0.1, 0.15) is 0 Å². The van der Waals surface area contributed by atoms with Crippen molar-refractivity contribution in [1.82, 2.24) is 14.9 Å². The third kappa shape index (κ3) is 1.37. The van der Waals surface area contributed by atoms with Gasteiger partial charge in [0, 0.05) is 13.1 Å². The number of anilines is 1. The van der Waals surface area contributed by atoms with Gasteiger partial charge < -0.3 is 19.9 Å². The molecule has 1 aromatic rings. The van der Waals surface area contributed by atoms with Crippen molar-refractivity contribution in [1.29, 1.82) is 0 Å². The molecule has 2 rings (SSSR count). The molecule has 6 heteroatoms. The smallest absolute Gasteiger partial charge is 0.275 e. The van der Waals surface area contributed by atoms with Crippen LogP contribution in [0.25, 0.3) is 0 Å². The van der Waals surface area contributed by atoms with Crippen LogP contribution < -0.4 is 10.2 Å². The third-order valence-corrected chi connectivity index (χ3v) is 2.51. The molecule has 0 aromatic carbocycles. The SMILES string of the molecule is CC(C)n1cnc2c1C(=O)NC(O)N2C. The summed E-state index contributed by atoms with van der Waals surface area (Å²) < 4.78 is 1.78. The highest BCUT2D eigenvalue weighted by Crippen LogP contribution is 2.24. The molecule has 1 amide bonds. The van der Waals surface area contributed by atoms with Gasteiger partial charge in [0.05, 0.1) is 6.33 Å². The van der Waals surface area contributed by atoms with Crippen LogP contribution in [0, 0.1) is 0 Å². The fraction of sp³-hybridized carbons (Fsp3) is 0.556. The summed E-state index contributed by atoms with van der Waals surface area (Å²) in [7, 11) is 1.68. The van der Waals surface area contributed by atoms with Crippen LogP contribution in [0.5, 0.6) is 0 Å². The Bertz CT molecular complexity index is 399. The van der Waals surface area contributed by atoms with Gasteiger partial charge >= 0.3 is 0 Å². The van der Waals surface area contributed by atoms with Crippen LogP contribution in [0.15, 0.2) is 6.33 Å². The Hall–Kier alpha value is -1.56. The maximum absolute atomic E-state index is 11.7. The van der Waals surface area contributed by atoms with E-state index in [4.69, 9.17) is 0 Å². The number of aliphatic hydroxyl groups excluding tert-OH is 1. The highest BCUT2D eigenvalue weighted by molar-refractivity contribution is 5.99. The second-order valence-electron chi connectivity index (χ2n) is 3.88. The first-order valence-corrected chi connectivity index (χ1v) is 4.81. The minimum absolute atomic E-state index is 0.163. The molecule has 0 spiro atoms. The fourth-order valence-electron chi connectivity index (χ4n) is 1.62. The van der Waals surface area contributed by atoms with Gasteiger partial charge in [-0.25, -0.2) is 4.98 Å². The first kappa shape index (κ1) is 9.97. The number of hydrogen-bond acceptors (Lipinski definition) is 4.